The molecule has 1 aliphatic heterocycles. The Balaban J connectivity index is 1.76. The van der Waals surface area contributed by atoms with Gasteiger partial charge in [0.1, 0.15) is 5.76 Å². The zero-order valence-corrected chi connectivity index (χ0v) is 22.4. The van der Waals surface area contributed by atoms with Gasteiger partial charge < -0.3 is 5.11 Å². The highest BCUT2D eigenvalue weighted by Crippen LogP contribution is 2.45. The standard InChI is InChI=1S/C30H26F2N2O3S/c1-15-7-6-8-17(11-15)25-24(26(35)19-12-18(30(3,4)5)10-9-16(19)2)27(36)28(37)34(25)29-33-22-13-20(31)21(32)14-23(22)38-29/h6-14,25,35H,1-5H3/b26-24+. The van der Waals surface area contributed by atoms with Crippen LogP contribution in [0.25, 0.3) is 16.0 Å². The van der Waals surface area contributed by atoms with E-state index in [0.717, 1.165) is 40.2 Å². The lowest BCUT2D eigenvalue weighted by Gasteiger charge is -2.24. The monoisotopic (exact) mass is 532 g/mol. The van der Waals surface area contributed by atoms with E-state index in [1.165, 1.54) is 4.90 Å². The van der Waals surface area contributed by atoms with E-state index >= 15 is 0 Å². The first kappa shape index (κ1) is 25.7. The predicted octanol–water partition coefficient (Wildman–Crippen LogP) is 7.12. The minimum atomic E-state index is -1.05. The Kier molecular flexibility index (Phi) is 6.18. The van der Waals surface area contributed by atoms with Crippen molar-refractivity contribution in [3.63, 3.8) is 0 Å². The first-order chi connectivity index (χ1) is 17.9. The molecule has 38 heavy (non-hydrogen) atoms. The van der Waals surface area contributed by atoms with E-state index in [0.29, 0.717) is 15.8 Å². The van der Waals surface area contributed by atoms with Crippen molar-refractivity contribution in [2.24, 2.45) is 0 Å². The number of halogens is 2. The number of carbonyl (C=O) groups excluding carboxylic acids is 2. The van der Waals surface area contributed by atoms with Crippen LogP contribution < -0.4 is 4.90 Å². The minimum absolute atomic E-state index is 0.0635. The van der Waals surface area contributed by atoms with E-state index in [9.17, 15) is 23.5 Å². The number of ketones is 1. The highest BCUT2D eigenvalue weighted by molar-refractivity contribution is 7.22. The van der Waals surface area contributed by atoms with Crippen LogP contribution in [0.5, 0.6) is 0 Å². The molecule has 8 heteroatoms. The van der Waals surface area contributed by atoms with Crippen molar-refractivity contribution in [1.82, 2.24) is 4.98 Å². The van der Waals surface area contributed by atoms with Crippen LogP contribution in [0.1, 0.15) is 54.6 Å². The third-order valence-corrected chi connectivity index (χ3v) is 7.80. The lowest BCUT2D eigenvalue weighted by molar-refractivity contribution is -0.132. The van der Waals surface area contributed by atoms with Crippen LogP contribution in [-0.4, -0.2) is 21.8 Å². The average Bonchev–Trinajstić information content (AvgIpc) is 3.36. The van der Waals surface area contributed by atoms with Crippen LogP contribution in [0.2, 0.25) is 0 Å². The molecule has 5 rings (SSSR count). The van der Waals surface area contributed by atoms with Gasteiger partial charge in [-0.15, -0.1) is 0 Å². The molecule has 4 aromatic rings. The van der Waals surface area contributed by atoms with Gasteiger partial charge in [0.2, 0.25) is 0 Å². The molecule has 2 heterocycles. The fraction of sp³-hybridized carbons (Fsp3) is 0.233. The fourth-order valence-corrected chi connectivity index (χ4v) is 5.69. The number of aliphatic hydroxyl groups is 1. The molecule has 1 saturated heterocycles. The van der Waals surface area contributed by atoms with Crippen molar-refractivity contribution in [2.45, 2.75) is 46.1 Å². The number of thiazole rings is 1. The van der Waals surface area contributed by atoms with E-state index in [1.54, 1.807) is 12.1 Å². The molecule has 1 amide bonds. The first-order valence-corrected chi connectivity index (χ1v) is 12.9. The largest absolute Gasteiger partial charge is 0.507 e. The number of amides is 1. The van der Waals surface area contributed by atoms with Crippen LogP contribution in [0, 0.1) is 25.5 Å². The zero-order valence-electron chi connectivity index (χ0n) is 21.6. The molecule has 1 fully saturated rings. The number of aromatic nitrogens is 1. The summed E-state index contributed by atoms with van der Waals surface area (Å²) in [4.78, 5) is 32.6. The molecule has 1 atom stereocenters. The Bertz CT molecular complexity index is 1630. The number of Topliss-reactive ketones (excluding diaryl/α,β-unsaturated/α-hetero) is 1. The van der Waals surface area contributed by atoms with Gasteiger partial charge in [0.05, 0.1) is 21.8 Å². The molecular weight excluding hydrogens is 506 g/mol. The number of rotatable bonds is 3. The van der Waals surface area contributed by atoms with Crippen LogP contribution in [0.15, 0.2) is 60.2 Å². The molecule has 194 valence electrons. The average molecular weight is 533 g/mol. The topological polar surface area (TPSA) is 70.5 Å². The van der Waals surface area contributed by atoms with Crippen molar-refractivity contribution in [2.75, 3.05) is 4.90 Å². The maximum absolute atomic E-state index is 13.9. The van der Waals surface area contributed by atoms with E-state index < -0.39 is 29.4 Å². The third kappa shape index (κ3) is 4.28. The summed E-state index contributed by atoms with van der Waals surface area (Å²) in [5, 5.41) is 11.7. The lowest BCUT2D eigenvalue weighted by Crippen LogP contribution is -2.29. The van der Waals surface area contributed by atoms with Gasteiger partial charge in [-0.1, -0.05) is 74.1 Å². The Hall–Kier alpha value is -3.91. The van der Waals surface area contributed by atoms with Gasteiger partial charge in [-0.25, -0.2) is 13.8 Å². The molecule has 1 aliphatic rings. The van der Waals surface area contributed by atoms with Gasteiger partial charge in [0.25, 0.3) is 5.78 Å². The maximum Gasteiger partial charge on any atom is 0.301 e. The van der Waals surface area contributed by atoms with Crippen molar-refractivity contribution in [3.8, 4) is 0 Å². The predicted molar refractivity (Wildman–Crippen MR) is 145 cm³/mol. The fourth-order valence-electron chi connectivity index (χ4n) is 4.69. The Morgan fingerprint density at radius 3 is 2.39 bits per heavy atom. The summed E-state index contributed by atoms with van der Waals surface area (Å²) in [5.74, 6) is -4.09. The van der Waals surface area contributed by atoms with Gasteiger partial charge in [-0.05, 0) is 48.1 Å². The summed E-state index contributed by atoms with van der Waals surface area (Å²) < 4.78 is 28.1. The number of nitrogens with zero attached hydrogens (tertiary/aromatic N) is 2. The van der Waals surface area contributed by atoms with Crippen LogP contribution >= 0.6 is 11.3 Å². The summed E-state index contributed by atoms with van der Waals surface area (Å²) in [6.45, 7) is 9.86. The van der Waals surface area contributed by atoms with E-state index in [2.05, 4.69) is 4.98 Å². The second kappa shape index (κ2) is 9.13. The summed E-state index contributed by atoms with van der Waals surface area (Å²) in [7, 11) is 0. The molecule has 0 radical (unpaired) electrons. The van der Waals surface area contributed by atoms with Crippen molar-refractivity contribution >= 4 is 44.1 Å². The number of benzene rings is 3. The van der Waals surface area contributed by atoms with Gasteiger partial charge in [-0.2, -0.15) is 0 Å². The lowest BCUT2D eigenvalue weighted by atomic mass is 9.84. The summed E-state index contributed by atoms with van der Waals surface area (Å²) >= 11 is 0.975. The highest BCUT2D eigenvalue weighted by Gasteiger charge is 2.48. The van der Waals surface area contributed by atoms with Gasteiger partial charge in [0.15, 0.2) is 16.8 Å². The van der Waals surface area contributed by atoms with Crippen molar-refractivity contribution in [3.05, 3.63) is 99.6 Å². The quantitative estimate of drug-likeness (QED) is 0.173. The smallest absolute Gasteiger partial charge is 0.301 e. The van der Waals surface area contributed by atoms with E-state index in [1.807, 2.05) is 65.0 Å². The molecule has 0 aliphatic carbocycles. The number of hydrogen-bond acceptors (Lipinski definition) is 5. The number of aryl methyl sites for hydroxylation is 2. The Labute approximate surface area is 223 Å². The highest BCUT2D eigenvalue weighted by atomic mass is 32.1. The molecule has 0 spiro atoms. The van der Waals surface area contributed by atoms with Crippen LogP contribution in [0.4, 0.5) is 13.9 Å². The number of hydrogen-bond donors (Lipinski definition) is 1. The van der Waals surface area contributed by atoms with Crippen LogP contribution in [0.3, 0.4) is 0 Å². The summed E-state index contributed by atoms with van der Waals surface area (Å²) in [5.41, 5.74) is 3.56. The molecule has 0 bridgehead atoms. The zero-order chi connectivity index (χ0) is 27.5. The van der Waals surface area contributed by atoms with E-state index in [4.69, 9.17) is 0 Å². The van der Waals surface area contributed by atoms with Gasteiger partial charge in [0, 0.05) is 11.6 Å². The minimum Gasteiger partial charge on any atom is -0.507 e. The molecule has 1 aromatic heterocycles. The first-order valence-electron chi connectivity index (χ1n) is 12.1. The van der Waals surface area contributed by atoms with Gasteiger partial charge in [-0.3, -0.25) is 14.5 Å². The van der Waals surface area contributed by atoms with Gasteiger partial charge >= 0.3 is 5.91 Å². The summed E-state index contributed by atoms with van der Waals surface area (Å²) in [6, 6.07) is 14.0. The van der Waals surface area contributed by atoms with Crippen molar-refractivity contribution in [1.29, 1.82) is 0 Å². The number of carbonyl (C=O) groups is 2. The molecule has 5 nitrogen and oxygen atoms in total. The summed E-state index contributed by atoms with van der Waals surface area (Å²) in [6.07, 6.45) is 0. The number of aliphatic hydroxyl groups excluding tert-OH is 1. The molecule has 1 unspecified atom stereocenters. The Morgan fingerprint density at radius 1 is 1.00 bits per heavy atom. The van der Waals surface area contributed by atoms with E-state index in [-0.39, 0.29) is 27.4 Å². The number of anilines is 1. The maximum atomic E-state index is 13.9. The molecule has 1 N–H and O–H groups in total. The number of fused-ring (bicyclic) bond motifs is 1. The van der Waals surface area contributed by atoms with Crippen molar-refractivity contribution < 1.29 is 23.5 Å². The normalized spacial score (nSPS) is 17.6. The third-order valence-electron chi connectivity index (χ3n) is 6.79. The second-order valence-corrected chi connectivity index (χ2v) is 11.6. The SMILES string of the molecule is Cc1cccc(C2/C(=C(\O)c3cc(C(C)(C)C)ccc3C)C(=O)C(=O)N2c2nc3cc(F)c(F)cc3s2)c1. The molecule has 3 aromatic carbocycles. The van der Waals surface area contributed by atoms with Crippen LogP contribution in [-0.2, 0) is 15.0 Å². The second-order valence-electron chi connectivity index (χ2n) is 10.6. The molecule has 0 saturated carbocycles. The molecular formula is C30H26F2N2O3S. The Morgan fingerprint density at radius 2 is 1.71 bits per heavy atom.